The summed E-state index contributed by atoms with van der Waals surface area (Å²) < 4.78 is 0. The molecule has 0 bridgehead atoms. The molecular weight excluding hydrogens is 206 g/mol. The first kappa shape index (κ1) is 11.2. The Bertz CT molecular complexity index is 356. The topological polar surface area (TPSA) is 72.7 Å². The van der Waals surface area contributed by atoms with Crippen molar-refractivity contribution in [3.8, 4) is 0 Å². The van der Waals surface area contributed by atoms with Gasteiger partial charge in [0.1, 0.15) is 0 Å². The predicted octanol–water partition coefficient (Wildman–Crippen LogP) is -0.146. The molecule has 88 valence electrons. The fourth-order valence-electron chi connectivity index (χ4n) is 2.02. The van der Waals surface area contributed by atoms with Crippen LogP contribution >= 0.6 is 0 Å². The summed E-state index contributed by atoms with van der Waals surface area (Å²) in [5.74, 6) is 0.626. The van der Waals surface area contributed by atoms with Crippen LogP contribution in [0.5, 0.6) is 0 Å². The van der Waals surface area contributed by atoms with Gasteiger partial charge in [-0.25, -0.2) is 0 Å². The standard InChI is InChI=1S/C10H17N5O/c1-15-13-10(12-14-15)6-9(16)7-11-8-4-2-3-5-8/h8,11H,2-7H2,1H3. The molecular formula is C10H17N5O. The number of nitrogens with one attached hydrogen (secondary N) is 1. The Labute approximate surface area is 94.4 Å². The van der Waals surface area contributed by atoms with Crippen molar-refractivity contribution in [3.05, 3.63) is 5.82 Å². The third-order valence-electron chi connectivity index (χ3n) is 2.85. The second-order valence-corrected chi connectivity index (χ2v) is 4.27. The van der Waals surface area contributed by atoms with Gasteiger partial charge in [0.25, 0.3) is 0 Å². The van der Waals surface area contributed by atoms with Crippen molar-refractivity contribution in [1.29, 1.82) is 0 Å². The van der Waals surface area contributed by atoms with Gasteiger partial charge >= 0.3 is 0 Å². The fourth-order valence-corrected chi connectivity index (χ4v) is 2.02. The largest absolute Gasteiger partial charge is 0.307 e. The Morgan fingerprint density at radius 3 is 2.88 bits per heavy atom. The van der Waals surface area contributed by atoms with E-state index in [2.05, 4.69) is 20.7 Å². The monoisotopic (exact) mass is 223 g/mol. The lowest BCUT2D eigenvalue weighted by molar-refractivity contribution is -0.117. The zero-order chi connectivity index (χ0) is 11.4. The molecule has 1 fully saturated rings. The molecule has 1 aliphatic rings. The molecule has 6 nitrogen and oxygen atoms in total. The van der Waals surface area contributed by atoms with Gasteiger partial charge in [-0.1, -0.05) is 12.8 Å². The molecule has 1 aromatic heterocycles. The highest BCUT2D eigenvalue weighted by atomic mass is 16.1. The number of ketones is 1. The van der Waals surface area contributed by atoms with Crippen molar-refractivity contribution in [2.45, 2.75) is 38.1 Å². The number of rotatable bonds is 5. The van der Waals surface area contributed by atoms with Gasteiger partial charge in [0, 0.05) is 6.04 Å². The van der Waals surface area contributed by atoms with Crippen molar-refractivity contribution >= 4 is 5.78 Å². The summed E-state index contributed by atoms with van der Waals surface area (Å²) in [6.07, 6.45) is 5.20. The van der Waals surface area contributed by atoms with Crippen molar-refractivity contribution in [2.75, 3.05) is 6.54 Å². The first-order valence-corrected chi connectivity index (χ1v) is 5.72. The van der Waals surface area contributed by atoms with Crippen LogP contribution in [0.4, 0.5) is 0 Å². The number of carbonyl (C=O) groups excluding carboxylic acids is 1. The van der Waals surface area contributed by atoms with Crippen LogP contribution in [0.3, 0.4) is 0 Å². The average molecular weight is 223 g/mol. The van der Waals surface area contributed by atoms with Crippen LogP contribution in [0.25, 0.3) is 0 Å². The Morgan fingerprint density at radius 2 is 2.25 bits per heavy atom. The quantitative estimate of drug-likeness (QED) is 0.751. The van der Waals surface area contributed by atoms with E-state index in [0.29, 0.717) is 18.4 Å². The molecule has 0 aromatic carbocycles. The minimum Gasteiger partial charge on any atom is -0.307 e. The molecule has 2 rings (SSSR count). The zero-order valence-corrected chi connectivity index (χ0v) is 9.52. The molecule has 0 saturated heterocycles. The first-order valence-electron chi connectivity index (χ1n) is 5.72. The third-order valence-corrected chi connectivity index (χ3v) is 2.85. The predicted molar refractivity (Wildman–Crippen MR) is 57.8 cm³/mol. The van der Waals surface area contributed by atoms with Crippen LogP contribution in [0, 0.1) is 0 Å². The van der Waals surface area contributed by atoms with E-state index in [1.165, 1.54) is 30.5 Å². The maximum Gasteiger partial charge on any atom is 0.182 e. The Morgan fingerprint density at radius 1 is 1.50 bits per heavy atom. The van der Waals surface area contributed by atoms with E-state index in [4.69, 9.17) is 0 Å². The Kier molecular flexibility index (Phi) is 3.61. The maximum atomic E-state index is 11.6. The number of carbonyl (C=O) groups is 1. The van der Waals surface area contributed by atoms with E-state index in [-0.39, 0.29) is 12.2 Å². The summed E-state index contributed by atoms with van der Waals surface area (Å²) in [5.41, 5.74) is 0. The van der Waals surface area contributed by atoms with E-state index in [9.17, 15) is 4.79 Å². The molecule has 0 spiro atoms. The molecule has 0 unspecified atom stereocenters. The molecule has 1 N–H and O–H groups in total. The molecule has 0 aliphatic heterocycles. The van der Waals surface area contributed by atoms with Crippen LogP contribution in [-0.4, -0.2) is 38.6 Å². The van der Waals surface area contributed by atoms with E-state index >= 15 is 0 Å². The minimum absolute atomic E-state index is 0.125. The molecule has 6 heteroatoms. The van der Waals surface area contributed by atoms with Gasteiger partial charge < -0.3 is 5.32 Å². The number of nitrogens with zero attached hydrogens (tertiary/aromatic N) is 4. The summed E-state index contributed by atoms with van der Waals surface area (Å²) in [6, 6.07) is 0.527. The highest BCUT2D eigenvalue weighted by Gasteiger charge is 2.16. The van der Waals surface area contributed by atoms with E-state index in [0.717, 1.165) is 0 Å². The lowest BCUT2D eigenvalue weighted by Crippen LogP contribution is -2.32. The average Bonchev–Trinajstić information content (AvgIpc) is 2.87. The third kappa shape index (κ3) is 3.10. The van der Waals surface area contributed by atoms with Crippen molar-refractivity contribution in [2.24, 2.45) is 7.05 Å². The van der Waals surface area contributed by atoms with Gasteiger partial charge in [0.15, 0.2) is 11.6 Å². The van der Waals surface area contributed by atoms with E-state index < -0.39 is 0 Å². The second kappa shape index (κ2) is 5.16. The molecule has 0 atom stereocenters. The van der Waals surface area contributed by atoms with Crippen LogP contribution in [0.1, 0.15) is 31.5 Å². The SMILES string of the molecule is Cn1nnc(CC(=O)CNC2CCCC2)n1. The molecule has 0 amide bonds. The normalized spacial score (nSPS) is 16.8. The molecule has 1 aromatic rings. The van der Waals surface area contributed by atoms with Crippen LogP contribution < -0.4 is 5.32 Å². The van der Waals surface area contributed by atoms with Gasteiger partial charge in [-0.05, 0) is 18.1 Å². The number of Topliss-reactive ketones (excluding diaryl/α,β-unsaturated/α-hetero) is 1. The number of tetrazole rings is 1. The van der Waals surface area contributed by atoms with Crippen molar-refractivity contribution in [1.82, 2.24) is 25.5 Å². The van der Waals surface area contributed by atoms with Crippen molar-refractivity contribution < 1.29 is 4.79 Å². The summed E-state index contributed by atoms with van der Waals surface area (Å²) in [4.78, 5) is 13.0. The zero-order valence-electron chi connectivity index (χ0n) is 9.52. The van der Waals surface area contributed by atoms with Gasteiger partial charge in [-0.3, -0.25) is 4.79 Å². The fraction of sp³-hybridized carbons (Fsp3) is 0.800. The number of hydrogen-bond acceptors (Lipinski definition) is 5. The summed E-state index contributed by atoms with van der Waals surface area (Å²) in [6.45, 7) is 0.420. The van der Waals surface area contributed by atoms with E-state index in [1.54, 1.807) is 7.05 Å². The van der Waals surface area contributed by atoms with Gasteiger partial charge in [-0.2, -0.15) is 4.80 Å². The summed E-state index contributed by atoms with van der Waals surface area (Å²) in [5, 5.41) is 14.7. The van der Waals surface area contributed by atoms with Crippen LogP contribution in [0.2, 0.25) is 0 Å². The van der Waals surface area contributed by atoms with Gasteiger partial charge in [-0.15, -0.1) is 10.2 Å². The van der Waals surface area contributed by atoms with Crippen LogP contribution in [0.15, 0.2) is 0 Å². The molecule has 1 aliphatic carbocycles. The lowest BCUT2D eigenvalue weighted by atomic mass is 10.2. The summed E-state index contributed by atoms with van der Waals surface area (Å²) in [7, 11) is 1.69. The Hall–Kier alpha value is -1.30. The summed E-state index contributed by atoms with van der Waals surface area (Å²) >= 11 is 0. The second-order valence-electron chi connectivity index (χ2n) is 4.27. The first-order chi connectivity index (χ1) is 7.74. The number of aryl methyl sites for hydroxylation is 1. The highest BCUT2D eigenvalue weighted by Crippen LogP contribution is 2.17. The smallest absolute Gasteiger partial charge is 0.182 e. The van der Waals surface area contributed by atoms with Gasteiger partial charge in [0.05, 0.1) is 20.0 Å². The lowest BCUT2D eigenvalue weighted by Gasteiger charge is -2.09. The molecule has 0 radical (unpaired) electrons. The van der Waals surface area contributed by atoms with Gasteiger partial charge in [0.2, 0.25) is 0 Å². The number of hydrogen-bond donors (Lipinski definition) is 1. The van der Waals surface area contributed by atoms with Crippen molar-refractivity contribution in [3.63, 3.8) is 0 Å². The molecule has 1 saturated carbocycles. The molecule has 1 heterocycles. The molecule has 16 heavy (non-hydrogen) atoms. The number of aromatic nitrogens is 4. The van der Waals surface area contributed by atoms with E-state index in [1.807, 2.05) is 0 Å². The highest BCUT2D eigenvalue weighted by molar-refractivity contribution is 5.82. The maximum absolute atomic E-state index is 11.6. The van der Waals surface area contributed by atoms with Crippen LogP contribution in [-0.2, 0) is 18.3 Å². The minimum atomic E-state index is 0.125. The Balaban J connectivity index is 1.71.